The molecule has 0 unspecified atom stereocenters. The zero-order valence-electron chi connectivity index (χ0n) is 13.3. The minimum Gasteiger partial charge on any atom is -0.395 e. The maximum Gasteiger partial charge on any atom is 0.277 e. The Bertz CT molecular complexity index is 827. The fourth-order valence-corrected chi connectivity index (χ4v) is 2.76. The van der Waals surface area contributed by atoms with E-state index in [1.165, 1.54) is 6.08 Å². The molecule has 2 N–H and O–H groups in total. The number of imide groups is 1. The second-order valence-corrected chi connectivity index (χ2v) is 5.56. The molecule has 3 rings (SSSR count). The van der Waals surface area contributed by atoms with E-state index < -0.39 is 11.8 Å². The Kier molecular flexibility index (Phi) is 4.44. The zero-order chi connectivity index (χ0) is 17.1. The third-order valence-electron chi connectivity index (χ3n) is 3.96. The summed E-state index contributed by atoms with van der Waals surface area (Å²) < 4.78 is 0. The van der Waals surface area contributed by atoms with E-state index in [0.29, 0.717) is 0 Å². The molecule has 5 nitrogen and oxygen atoms in total. The van der Waals surface area contributed by atoms with Gasteiger partial charge in [0.15, 0.2) is 0 Å². The van der Waals surface area contributed by atoms with Gasteiger partial charge in [-0.05, 0) is 24.1 Å². The highest BCUT2D eigenvalue weighted by Gasteiger charge is 2.30. The number of β-amino-alcohol motifs (C(OH)–C–C–N with tert-alkyl or cyclic N) is 1. The van der Waals surface area contributed by atoms with Crippen LogP contribution in [0.2, 0.25) is 0 Å². The number of aliphatic hydroxyl groups is 1. The summed E-state index contributed by atoms with van der Waals surface area (Å²) >= 11 is 0. The Hall–Kier alpha value is -2.92. The van der Waals surface area contributed by atoms with Gasteiger partial charge in [-0.1, -0.05) is 42.5 Å². The smallest absolute Gasteiger partial charge is 0.277 e. The zero-order valence-corrected chi connectivity index (χ0v) is 13.3. The lowest BCUT2D eigenvalue weighted by Gasteiger charge is -2.16. The number of hydrogen-bond donors (Lipinski definition) is 2. The van der Waals surface area contributed by atoms with Crippen LogP contribution in [-0.2, 0) is 9.59 Å². The number of amides is 2. The SMILES string of the molecule is Cc1ccccc1-c1ccccc1NC1=CC(=O)N(CCO)C1=O. The number of para-hydroxylation sites is 1. The summed E-state index contributed by atoms with van der Waals surface area (Å²) in [6.45, 7) is 1.77. The van der Waals surface area contributed by atoms with Gasteiger partial charge >= 0.3 is 0 Å². The van der Waals surface area contributed by atoms with Crippen LogP contribution in [0.15, 0.2) is 60.3 Å². The van der Waals surface area contributed by atoms with Crippen molar-refractivity contribution < 1.29 is 14.7 Å². The Morgan fingerprint density at radius 1 is 1.00 bits per heavy atom. The molecule has 1 aliphatic rings. The van der Waals surface area contributed by atoms with Crippen LogP contribution in [0.5, 0.6) is 0 Å². The number of aliphatic hydroxyl groups excluding tert-OH is 1. The van der Waals surface area contributed by atoms with E-state index >= 15 is 0 Å². The highest BCUT2D eigenvalue weighted by Crippen LogP contribution is 2.31. The Morgan fingerprint density at radius 2 is 1.67 bits per heavy atom. The molecule has 1 heterocycles. The maximum atomic E-state index is 12.3. The van der Waals surface area contributed by atoms with Gasteiger partial charge in [0.1, 0.15) is 5.70 Å². The van der Waals surface area contributed by atoms with E-state index in [1.54, 1.807) is 0 Å². The van der Waals surface area contributed by atoms with Crippen molar-refractivity contribution >= 4 is 17.5 Å². The van der Waals surface area contributed by atoms with Gasteiger partial charge in [-0.25, -0.2) is 0 Å². The van der Waals surface area contributed by atoms with Gasteiger partial charge in [-0.3, -0.25) is 14.5 Å². The van der Waals surface area contributed by atoms with Crippen molar-refractivity contribution in [1.29, 1.82) is 0 Å². The van der Waals surface area contributed by atoms with Crippen LogP contribution in [0.1, 0.15) is 5.56 Å². The number of rotatable bonds is 5. The van der Waals surface area contributed by atoms with E-state index in [9.17, 15) is 9.59 Å². The quantitative estimate of drug-likeness (QED) is 0.829. The van der Waals surface area contributed by atoms with E-state index in [4.69, 9.17) is 5.11 Å². The molecule has 24 heavy (non-hydrogen) atoms. The molecule has 2 aromatic carbocycles. The lowest BCUT2D eigenvalue weighted by Crippen LogP contribution is -2.34. The molecule has 0 aliphatic carbocycles. The number of anilines is 1. The lowest BCUT2D eigenvalue weighted by atomic mass is 9.99. The van der Waals surface area contributed by atoms with Crippen molar-refractivity contribution in [2.45, 2.75) is 6.92 Å². The Labute approximate surface area is 140 Å². The van der Waals surface area contributed by atoms with Gasteiger partial charge in [0, 0.05) is 17.3 Å². The van der Waals surface area contributed by atoms with Crippen molar-refractivity contribution in [2.24, 2.45) is 0 Å². The minimum absolute atomic E-state index is 0.00120. The van der Waals surface area contributed by atoms with Crippen molar-refractivity contribution in [3.63, 3.8) is 0 Å². The van der Waals surface area contributed by atoms with Crippen molar-refractivity contribution in [3.8, 4) is 11.1 Å². The summed E-state index contributed by atoms with van der Waals surface area (Å²) in [4.78, 5) is 25.2. The summed E-state index contributed by atoms with van der Waals surface area (Å²) in [7, 11) is 0. The van der Waals surface area contributed by atoms with Gasteiger partial charge in [-0.2, -0.15) is 0 Å². The molecule has 0 saturated carbocycles. The summed E-state index contributed by atoms with van der Waals surface area (Å²) in [6.07, 6.45) is 1.27. The molecule has 0 atom stereocenters. The fraction of sp³-hybridized carbons (Fsp3) is 0.158. The maximum absolute atomic E-state index is 12.3. The van der Waals surface area contributed by atoms with Gasteiger partial charge in [0.25, 0.3) is 11.8 Å². The topological polar surface area (TPSA) is 69.6 Å². The number of carbonyl (C=O) groups is 2. The molecule has 2 aromatic rings. The predicted molar refractivity (Wildman–Crippen MR) is 92.1 cm³/mol. The normalized spacial score (nSPS) is 14.1. The third kappa shape index (κ3) is 2.94. The molecule has 122 valence electrons. The van der Waals surface area contributed by atoms with Crippen LogP contribution in [0.3, 0.4) is 0 Å². The van der Waals surface area contributed by atoms with E-state index in [2.05, 4.69) is 5.32 Å². The van der Waals surface area contributed by atoms with E-state index in [0.717, 1.165) is 27.3 Å². The molecule has 0 spiro atoms. The Balaban J connectivity index is 1.93. The number of carbonyl (C=O) groups excluding carboxylic acids is 2. The van der Waals surface area contributed by atoms with Crippen molar-refractivity contribution in [3.05, 3.63) is 65.9 Å². The number of aryl methyl sites for hydroxylation is 1. The van der Waals surface area contributed by atoms with Crippen molar-refractivity contribution in [2.75, 3.05) is 18.5 Å². The molecule has 2 amide bonds. The first-order valence-corrected chi connectivity index (χ1v) is 7.72. The summed E-state index contributed by atoms with van der Waals surface area (Å²) in [5.74, 6) is -0.835. The molecule has 0 fully saturated rings. The van der Waals surface area contributed by atoms with Crippen LogP contribution in [0.4, 0.5) is 5.69 Å². The second kappa shape index (κ2) is 6.68. The molecule has 0 bridgehead atoms. The average Bonchev–Trinajstić information content (AvgIpc) is 2.84. The van der Waals surface area contributed by atoms with Crippen molar-refractivity contribution in [1.82, 2.24) is 4.90 Å². The van der Waals surface area contributed by atoms with Gasteiger partial charge in [-0.15, -0.1) is 0 Å². The van der Waals surface area contributed by atoms with Gasteiger partial charge in [0.2, 0.25) is 0 Å². The monoisotopic (exact) mass is 322 g/mol. The molecule has 5 heteroatoms. The molecule has 0 saturated heterocycles. The van der Waals surface area contributed by atoms with Gasteiger partial charge < -0.3 is 10.4 Å². The summed E-state index contributed by atoms with van der Waals surface area (Å²) in [5, 5.41) is 12.0. The van der Waals surface area contributed by atoms with Crippen LogP contribution in [0, 0.1) is 6.92 Å². The standard InChI is InChI=1S/C19H18N2O3/c1-13-6-2-3-7-14(13)15-8-4-5-9-16(15)20-17-12-18(23)21(10-11-22)19(17)24/h2-9,12,20,22H,10-11H2,1H3. The molecular formula is C19H18N2O3. The van der Waals surface area contributed by atoms with Gasteiger partial charge in [0.05, 0.1) is 13.2 Å². The fourth-order valence-electron chi connectivity index (χ4n) is 2.76. The summed E-state index contributed by atoms with van der Waals surface area (Å²) in [5.41, 5.74) is 4.11. The number of nitrogens with zero attached hydrogens (tertiary/aromatic N) is 1. The number of benzene rings is 2. The highest BCUT2D eigenvalue weighted by atomic mass is 16.3. The largest absolute Gasteiger partial charge is 0.395 e. The highest BCUT2D eigenvalue weighted by molar-refractivity contribution is 6.17. The molecular weight excluding hydrogens is 304 g/mol. The van der Waals surface area contributed by atoms with Crippen LogP contribution < -0.4 is 5.32 Å². The second-order valence-electron chi connectivity index (χ2n) is 5.56. The molecule has 0 aromatic heterocycles. The molecule has 1 aliphatic heterocycles. The summed E-state index contributed by atoms with van der Waals surface area (Å²) in [6, 6.07) is 15.6. The van der Waals surface area contributed by atoms with E-state index in [1.807, 2.05) is 55.5 Å². The number of nitrogens with one attached hydrogen (secondary N) is 1. The molecule has 0 radical (unpaired) electrons. The lowest BCUT2D eigenvalue weighted by molar-refractivity contribution is -0.137. The first-order valence-electron chi connectivity index (χ1n) is 7.72. The first kappa shape index (κ1) is 16.0. The van der Waals surface area contributed by atoms with Crippen LogP contribution in [-0.4, -0.2) is 35.0 Å². The third-order valence-corrected chi connectivity index (χ3v) is 3.96. The Morgan fingerprint density at radius 3 is 2.38 bits per heavy atom. The first-order chi connectivity index (χ1) is 11.6. The minimum atomic E-state index is -0.423. The van der Waals surface area contributed by atoms with Crippen LogP contribution >= 0.6 is 0 Å². The van der Waals surface area contributed by atoms with Crippen LogP contribution in [0.25, 0.3) is 11.1 Å². The van der Waals surface area contributed by atoms with E-state index in [-0.39, 0.29) is 18.8 Å². The number of hydrogen-bond acceptors (Lipinski definition) is 4. The predicted octanol–water partition coefficient (Wildman–Crippen LogP) is 2.32. The average molecular weight is 322 g/mol.